The molecule has 0 spiro atoms. The van der Waals surface area contributed by atoms with Gasteiger partial charge in [0, 0.05) is 45.1 Å². The zero-order valence-electron chi connectivity index (χ0n) is 12.2. The van der Waals surface area contributed by atoms with Crippen molar-refractivity contribution in [2.45, 2.75) is 13.5 Å². The highest BCUT2D eigenvalue weighted by atomic mass is 16.2. The van der Waals surface area contributed by atoms with E-state index in [0.717, 1.165) is 17.1 Å². The number of aryl methyl sites for hydroxylation is 1. The molecule has 0 unspecified atom stereocenters. The molecule has 0 atom stereocenters. The van der Waals surface area contributed by atoms with E-state index in [0.29, 0.717) is 12.1 Å². The molecule has 0 saturated carbocycles. The van der Waals surface area contributed by atoms with Gasteiger partial charge in [-0.2, -0.15) is 5.10 Å². The summed E-state index contributed by atoms with van der Waals surface area (Å²) in [6, 6.07) is 3.58. The fraction of sp³-hybridized carbons (Fsp3) is 0.357. The zero-order valence-corrected chi connectivity index (χ0v) is 12.2. The molecule has 106 valence electrons. The number of pyridine rings is 1. The average Bonchev–Trinajstić information content (AvgIpc) is 2.76. The van der Waals surface area contributed by atoms with E-state index in [1.165, 1.54) is 4.90 Å². The van der Waals surface area contributed by atoms with Crippen LogP contribution >= 0.6 is 0 Å². The van der Waals surface area contributed by atoms with Crippen LogP contribution < -0.4 is 5.32 Å². The minimum atomic E-state index is -0.0489. The summed E-state index contributed by atoms with van der Waals surface area (Å²) < 4.78 is 1.84. The molecule has 0 bridgehead atoms. The van der Waals surface area contributed by atoms with E-state index in [-0.39, 0.29) is 5.91 Å². The number of carbonyl (C=O) groups excluding carboxylic acids is 1. The smallest absolute Gasteiger partial charge is 0.254 e. The number of anilines is 1. The lowest BCUT2D eigenvalue weighted by molar-refractivity contribution is 0.0827. The predicted octanol–water partition coefficient (Wildman–Crippen LogP) is 1.44. The minimum absolute atomic E-state index is 0.0489. The van der Waals surface area contributed by atoms with Crippen molar-refractivity contribution < 1.29 is 4.79 Å². The Hall–Kier alpha value is -2.37. The normalized spacial score (nSPS) is 10.4. The van der Waals surface area contributed by atoms with Crippen molar-refractivity contribution in [3.05, 3.63) is 41.3 Å². The van der Waals surface area contributed by atoms with E-state index < -0.39 is 0 Å². The Labute approximate surface area is 118 Å². The van der Waals surface area contributed by atoms with Crippen LogP contribution in [0.3, 0.4) is 0 Å². The molecular formula is C14H19N5O. The summed E-state index contributed by atoms with van der Waals surface area (Å²) >= 11 is 0. The third-order valence-electron chi connectivity index (χ3n) is 3.21. The molecule has 2 rings (SSSR count). The Morgan fingerprint density at radius 2 is 2.10 bits per heavy atom. The van der Waals surface area contributed by atoms with Gasteiger partial charge in [-0.1, -0.05) is 0 Å². The molecule has 0 aliphatic carbocycles. The summed E-state index contributed by atoms with van der Waals surface area (Å²) in [5.74, 6) is 0.690. The first kappa shape index (κ1) is 14.0. The van der Waals surface area contributed by atoms with Crippen LogP contribution in [0.5, 0.6) is 0 Å². The highest BCUT2D eigenvalue weighted by molar-refractivity contribution is 5.93. The first-order chi connectivity index (χ1) is 9.49. The molecule has 2 aromatic rings. The van der Waals surface area contributed by atoms with Crippen LogP contribution in [0.15, 0.2) is 24.5 Å². The molecule has 0 aromatic carbocycles. The van der Waals surface area contributed by atoms with Crippen LogP contribution in [-0.4, -0.2) is 39.7 Å². The second kappa shape index (κ2) is 5.73. The van der Waals surface area contributed by atoms with Crippen molar-refractivity contribution in [2.75, 3.05) is 19.4 Å². The number of hydrogen-bond acceptors (Lipinski definition) is 4. The standard InChI is InChI=1S/C14H19N5O/c1-10-12(9-17-19(10)4)8-16-13-6-5-11(7-15-13)14(20)18(2)3/h5-7,9H,8H2,1-4H3,(H,15,16). The van der Waals surface area contributed by atoms with E-state index in [1.54, 1.807) is 26.4 Å². The number of nitrogens with one attached hydrogen (secondary N) is 1. The monoisotopic (exact) mass is 273 g/mol. The van der Waals surface area contributed by atoms with Gasteiger partial charge in [-0.05, 0) is 19.1 Å². The lowest BCUT2D eigenvalue weighted by atomic mass is 10.2. The summed E-state index contributed by atoms with van der Waals surface area (Å²) in [6.07, 6.45) is 3.42. The van der Waals surface area contributed by atoms with E-state index in [9.17, 15) is 4.79 Å². The van der Waals surface area contributed by atoms with Crippen LogP contribution in [0.1, 0.15) is 21.6 Å². The van der Waals surface area contributed by atoms with Crippen molar-refractivity contribution in [1.82, 2.24) is 19.7 Å². The van der Waals surface area contributed by atoms with Crippen LogP contribution in [0.2, 0.25) is 0 Å². The third-order valence-corrected chi connectivity index (χ3v) is 3.21. The van der Waals surface area contributed by atoms with E-state index >= 15 is 0 Å². The highest BCUT2D eigenvalue weighted by Crippen LogP contribution is 2.10. The molecule has 0 fully saturated rings. The summed E-state index contributed by atoms with van der Waals surface area (Å²) in [4.78, 5) is 17.5. The fourth-order valence-electron chi connectivity index (χ4n) is 1.79. The molecule has 2 aromatic heterocycles. The molecule has 1 amide bonds. The van der Waals surface area contributed by atoms with Crippen LogP contribution in [0.4, 0.5) is 5.82 Å². The lowest BCUT2D eigenvalue weighted by Crippen LogP contribution is -2.21. The Bertz CT molecular complexity index is 601. The molecule has 6 nitrogen and oxygen atoms in total. The maximum atomic E-state index is 11.7. The van der Waals surface area contributed by atoms with E-state index in [1.807, 2.05) is 30.9 Å². The number of nitrogens with zero attached hydrogens (tertiary/aromatic N) is 4. The second-order valence-electron chi connectivity index (χ2n) is 4.86. The van der Waals surface area contributed by atoms with Gasteiger partial charge in [0.25, 0.3) is 5.91 Å². The molecule has 0 aliphatic rings. The number of aromatic nitrogens is 3. The van der Waals surface area contributed by atoms with Gasteiger partial charge in [-0.3, -0.25) is 9.48 Å². The lowest BCUT2D eigenvalue weighted by Gasteiger charge is -2.10. The Morgan fingerprint density at radius 3 is 2.60 bits per heavy atom. The first-order valence-electron chi connectivity index (χ1n) is 6.38. The molecule has 6 heteroatoms. The molecule has 20 heavy (non-hydrogen) atoms. The SMILES string of the molecule is Cc1c(CNc2ccc(C(=O)N(C)C)cn2)cnn1C. The van der Waals surface area contributed by atoms with Gasteiger partial charge in [-0.25, -0.2) is 4.98 Å². The Morgan fingerprint density at radius 1 is 1.35 bits per heavy atom. The van der Waals surface area contributed by atoms with Crippen molar-refractivity contribution in [1.29, 1.82) is 0 Å². The largest absolute Gasteiger partial charge is 0.366 e. The first-order valence-corrected chi connectivity index (χ1v) is 6.38. The van der Waals surface area contributed by atoms with Gasteiger partial charge in [0.2, 0.25) is 0 Å². The highest BCUT2D eigenvalue weighted by Gasteiger charge is 2.08. The predicted molar refractivity (Wildman–Crippen MR) is 77.5 cm³/mol. The summed E-state index contributed by atoms with van der Waals surface area (Å²) in [7, 11) is 5.36. The maximum absolute atomic E-state index is 11.7. The van der Waals surface area contributed by atoms with E-state index in [4.69, 9.17) is 0 Å². The van der Waals surface area contributed by atoms with Crippen LogP contribution in [0, 0.1) is 6.92 Å². The zero-order chi connectivity index (χ0) is 14.7. The third kappa shape index (κ3) is 2.96. The number of rotatable bonds is 4. The molecular weight excluding hydrogens is 254 g/mol. The van der Waals surface area contributed by atoms with Gasteiger partial charge in [-0.15, -0.1) is 0 Å². The van der Waals surface area contributed by atoms with Gasteiger partial charge in [0.15, 0.2) is 0 Å². The molecule has 2 heterocycles. The molecule has 0 aliphatic heterocycles. The van der Waals surface area contributed by atoms with E-state index in [2.05, 4.69) is 15.4 Å². The molecule has 0 radical (unpaired) electrons. The topological polar surface area (TPSA) is 63.1 Å². The fourth-order valence-corrected chi connectivity index (χ4v) is 1.79. The van der Waals surface area contributed by atoms with Crippen LogP contribution in [0.25, 0.3) is 0 Å². The van der Waals surface area contributed by atoms with Crippen molar-refractivity contribution in [3.63, 3.8) is 0 Å². The Kier molecular flexibility index (Phi) is 4.02. The molecule has 0 saturated heterocycles. The summed E-state index contributed by atoms with van der Waals surface area (Å²) in [5, 5.41) is 7.41. The summed E-state index contributed by atoms with van der Waals surface area (Å²) in [5.41, 5.74) is 2.83. The van der Waals surface area contributed by atoms with Gasteiger partial charge in [0.1, 0.15) is 5.82 Å². The summed E-state index contributed by atoms with van der Waals surface area (Å²) in [6.45, 7) is 2.68. The van der Waals surface area contributed by atoms with Crippen LogP contribution in [-0.2, 0) is 13.6 Å². The average molecular weight is 273 g/mol. The van der Waals surface area contributed by atoms with Gasteiger partial charge in [0.05, 0.1) is 11.8 Å². The molecule has 1 N–H and O–H groups in total. The quantitative estimate of drug-likeness (QED) is 0.915. The van der Waals surface area contributed by atoms with Crippen molar-refractivity contribution >= 4 is 11.7 Å². The van der Waals surface area contributed by atoms with Gasteiger partial charge >= 0.3 is 0 Å². The number of carbonyl (C=O) groups is 1. The van der Waals surface area contributed by atoms with Crippen molar-refractivity contribution in [3.8, 4) is 0 Å². The second-order valence-corrected chi connectivity index (χ2v) is 4.86. The maximum Gasteiger partial charge on any atom is 0.254 e. The van der Waals surface area contributed by atoms with Crippen molar-refractivity contribution in [2.24, 2.45) is 7.05 Å². The Balaban J connectivity index is 2.01. The number of amides is 1. The van der Waals surface area contributed by atoms with Gasteiger partial charge < -0.3 is 10.2 Å². The minimum Gasteiger partial charge on any atom is -0.366 e. The number of hydrogen-bond donors (Lipinski definition) is 1.